The van der Waals surface area contributed by atoms with E-state index in [1.165, 1.54) is 6.21 Å². The van der Waals surface area contributed by atoms with Crippen LogP contribution in [0.25, 0.3) is 16.6 Å². The molecule has 0 saturated carbocycles. The standard InChI is InChI=1S/C19H16N4O3/c24-18-13-6-1-2-7-15(13)26-19(25)14(18)12-20-10-5-9-17-22-21-16-8-3-4-11-23(16)17/h1-4,6-8,11-12,24H,5,9-10H2. The molecule has 0 amide bonds. The summed E-state index contributed by atoms with van der Waals surface area (Å²) < 4.78 is 7.15. The molecule has 0 saturated heterocycles. The van der Waals surface area contributed by atoms with Crippen molar-refractivity contribution in [2.75, 3.05) is 6.54 Å². The molecule has 7 heteroatoms. The second-order valence-electron chi connectivity index (χ2n) is 5.83. The van der Waals surface area contributed by atoms with Gasteiger partial charge in [0.15, 0.2) is 5.65 Å². The summed E-state index contributed by atoms with van der Waals surface area (Å²) in [5.74, 6) is 0.757. The van der Waals surface area contributed by atoms with Gasteiger partial charge < -0.3 is 9.52 Å². The summed E-state index contributed by atoms with van der Waals surface area (Å²) >= 11 is 0. The predicted molar refractivity (Wildman–Crippen MR) is 97.9 cm³/mol. The van der Waals surface area contributed by atoms with Gasteiger partial charge >= 0.3 is 5.63 Å². The number of aliphatic imine (C=N–C) groups is 1. The molecule has 1 aromatic carbocycles. The van der Waals surface area contributed by atoms with E-state index < -0.39 is 5.63 Å². The van der Waals surface area contributed by atoms with Crippen LogP contribution in [0.1, 0.15) is 17.8 Å². The Bertz CT molecular complexity index is 1160. The maximum absolute atomic E-state index is 12.0. The molecule has 0 bridgehead atoms. The molecule has 0 unspecified atom stereocenters. The van der Waals surface area contributed by atoms with Crippen molar-refractivity contribution in [2.45, 2.75) is 12.8 Å². The van der Waals surface area contributed by atoms with Crippen LogP contribution in [0.5, 0.6) is 5.75 Å². The summed E-state index contributed by atoms with van der Waals surface area (Å²) in [5.41, 5.74) is 0.626. The van der Waals surface area contributed by atoms with Gasteiger partial charge in [-0.2, -0.15) is 0 Å². The first-order valence-corrected chi connectivity index (χ1v) is 8.27. The molecule has 0 radical (unpaired) electrons. The lowest BCUT2D eigenvalue weighted by atomic mass is 10.1. The molecule has 0 fully saturated rings. The molecule has 4 aromatic rings. The first-order chi connectivity index (χ1) is 12.7. The van der Waals surface area contributed by atoms with Crippen molar-refractivity contribution in [1.29, 1.82) is 0 Å². The number of nitrogens with zero attached hydrogens (tertiary/aromatic N) is 4. The van der Waals surface area contributed by atoms with Gasteiger partial charge in [-0.1, -0.05) is 18.2 Å². The van der Waals surface area contributed by atoms with Gasteiger partial charge in [-0.05, 0) is 30.7 Å². The van der Waals surface area contributed by atoms with Crippen LogP contribution in [0.4, 0.5) is 0 Å². The topological polar surface area (TPSA) is 93.0 Å². The first-order valence-electron chi connectivity index (χ1n) is 8.27. The van der Waals surface area contributed by atoms with Crippen LogP contribution < -0.4 is 5.63 Å². The Hall–Kier alpha value is -3.48. The molecule has 0 aliphatic rings. The zero-order chi connectivity index (χ0) is 17.9. The van der Waals surface area contributed by atoms with Crippen molar-refractivity contribution < 1.29 is 9.52 Å². The van der Waals surface area contributed by atoms with Gasteiger partial charge in [0.05, 0.1) is 5.39 Å². The number of pyridine rings is 1. The third kappa shape index (κ3) is 2.95. The monoisotopic (exact) mass is 348 g/mol. The number of fused-ring (bicyclic) bond motifs is 2. The van der Waals surface area contributed by atoms with Crippen LogP contribution in [0.15, 0.2) is 62.9 Å². The van der Waals surface area contributed by atoms with E-state index in [-0.39, 0.29) is 11.3 Å². The van der Waals surface area contributed by atoms with E-state index in [0.717, 1.165) is 17.9 Å². The van der Waals surface area contributed by atoms with E-state index in [9.17, 15) is 9.90 Å². The number of aromatic hydroxyl groups is 1. The van der Waals surface area contributed by atoms with Gasteiger partial charge in [0.1, 0.15) is 22.7 Å². The predicted octanol–water partition coefficient (Wildman–Crippen LogP) is 2.59. The first kappa shape index (κ1) is 16.0. The van der Waals surface area contributed by atoms with Gasteiger partial charge in [-0.25, -0.2) is 4.79 Å². The number of hydrogen-bond acceptors (Lipinski definition) is 6. The minimum Gasteiger partial charge on any atom is -0.506 e. The molecule has 0 aliphatic heterocycles. The molecule has 7 nitrogen and oxygen atoms in total. The normalized spacial score (nSPS) is 11.7. The quantitative estimate of drug-likeness (QED) is 0.340. The summed E-state index contributed by atoms with van der Waals surface area (Å²) in [6, 6.07) is 12.6. The highest BCUT2D eigenvalue weighted by molar-refractivity contribution is 5.93. The van der Waals surface area contributed by atoms with Crippen LogP contribution in [0, 0.1) is 0 Å². The molecule has 26 heavy (non-hydrogen) atoms. The molecule has 0 aliphatic carbocycles. The average molecular weight is 348 g/mol. The molecule has 0 atom stereocenters. The van der Waals surface area contributed by atoms with E-state index in [0.29, 0.717) is 23.9 Å². The van der Waals surface area contributed by atoms with Gasteiger partial charge in [0.2, 0.25) is 0 Å². The van der Waals surface area contributed by atoms with Crippen LogP contribution in [-0.4, -0.2) is 32.5 Å². The Morgan fingerprint density at radius 1 is 1.15 bits per heavy atom. The van der Waals surface area contributed by atoms with E-state index in [1.807, 2.05) is 28.8 Å². The fraction of sp³-hybridized carbons (Fsp3) is 0.158. The molecule has 3 heterocycles. The van der Waals surface area contributed by atoms with Crippen molar-refractivity contribution in [3.05, 3.63) is 70.5 Å². The molecule has 1 N–H and O–H groups in total. The van der Waals surface area contributed by atoms with Crippen molar-refractivity contribution in [2.24, 2.45) is 4.99 Å². The second kappa shape index (κ2) is 6.79. The fourth-order valence-electron chi connectivity index (χ4n) is 2.81. The number of aromatic nitrogens is 3. The lowest BCUT2D eigenvalue weighted by Crippen LogP contribution is -2.07. The summed E-state index contributed by atoms with van der Waals surface area (Å²) in [6.07, 6.45) is 4.74. The molecule has 4 rings (SSSR count). The SMILES string of the molecule is O=c1oc2ccccc2c(O)c1C=NCCCc1nnc2ccccn12. The highest BCUT2D eigenvalue weighted by Crippen LogP contribution is 2.24. The Morgan fingerprint density at radius 3 is 2.92 bits per heavy atom. The minimum atomic E-state index is -0.603. The van der Waals surface area contributed by atoms with Crippen molar-refractivity contribution in [1.82, 2.24) is 14.6 Å². The highest BCUT2D eigenvalue weighted by atomic mass is 16.4. The molecule has 0 spiro atoms. The Morgan fingerprint density at radius 2 is 2.00 bits per heavy atom. The summed E-state index contributed by atoms with van der Waals surface area (Å²) in [7, 11) is 0. The Labute approximate surface area is 148 Å². The third-order valence-electron chi connectivity index (χ3n) is 4.11. The van der Waals surface area contributed by atoms with E-state index in [4.69, 9.17) is 4.42 Å². The maximum atomic E-state index is 12.0. The Balaban J connectivity index is 1.46. The van der Waals surface area contributed by atoms with Gasteiger partial charge in [0.25, 0.3) is 0 Å². The lowest BCUT2D eigenvalue weighted by Gasteiger charge is -2.02. The highest BCUT2D eigenvalue weighted by Gasteiger charge is 2.11. The number of benzene rings is 1. The molecular formula is C19H16N4O3. The van der Waals surface area contributed by atoms with E-state index in [2.05, 4.69) is 15.2 Å². The molecule has 3 aromatic heterocycles. The smallest absolute Gasteiger partial charge is 0.348 e. The van der Waals surface area contributed by atoms with Crippen LogP contribution in [0.3, 0.4) is 0 Å². The number of rotatable bonds is 5. The third-order valence-corrected chi connectivity index (χ3v) is 4.11. The average Bonchev–Trinajstić information content (AvgIpc) is 3.07. The fourth-order valence-corrected chi connectivity index (χ4v) is 2.81. The minimum absolute atomic E-state index is 0.0663. The van der Waals surface area contributed by atoms with Crippen molar-refractivity contribution in [3.8, 4) is 5.75 Å². The number of aryl methyl sites for hydroxylation is 1. The van der Waals surface area contributed by atoms with Crippen molar-refractivity contribution >= 4 is 22.8 Å². The van der Waals surface area contributed by atoms with Crippen LogP contribution in [-0.2, 0) is 6.42 Å². The van der Waals surface area contributed by atoms with Gasteiger partial charge in [-0.15, -0.1) is 10.2 Å². The largest absolute Gasteiger partial charge is 0.506 e. The Kier molecular flexibility index (Phi) is 4.18. The summed E-state index contributed by atoms with van der Waals surface area (Å²) in [4.78, 5) is 16.3. The second-order valence-corrected chi connectivity index (χ2v) is 5.83. The number of para-hydroxylation sites is 1. The van der Waals surface area contributed by atoms with Crippen LogP contribution in [0.2, 0.25) is 0 Å². The van der Waals surface area contributed by atoms with E-state index in [1.54, 1.807) is 24.3 Å². The number of hydrogen-bond donors (Lipinski definition) is 1. The lowest BCUT2D eigenvalue weighted by molar-refractivity contribution is 0.466. The zero-order valence-electron chi connectivity index (χ0n) is 13.9. The van der Waals surface area contributed by atoms with Crippen LogP contribution >= 0.6 is 0 Å². The molecule has 130 valence electrons. The van der Waals surface area contributed by atoms with Gasteiger partial charge in [0, 0.05) is 25.4 Å². The summed E-state index contributed by atoms with van der Waals surface area (Å²) in [6.45, 7) is 0.494. The maximum Gasteiger partial charge on any atom is 0.348 e. The van der Waals surface area contributed by atoms with Crippen molar-refractivity contribution in [3.63, 3.8) is 0 Å². The van der Waals surface area contributed by atoms with E-state index >= 15 is 0 Å². The molecular weight excluding hydrogens is 332 g/mol. The summed E-state index contributed by atoms with van der Waals surface area (Å²) in [5, 5.41) is 19.0. The zero-order valence-corrected chi connectivity index (χ0v) is 13.9. The van der Waals surface area contributed by atoms with Gasteiger partial charge in [-0.3, -0.25) is 9.39 Å².